The summed E-state index contributed by atoms with van der Waals surface area (Å²) in [6.07, 6.45) is 11.0. The van der Waals surface area contributed by atoms with Gasteiger partial charge in [0.2, 0.25) is 0 Å². The Morgan fingerprint density at radius 3 is 1.94 bits per heavy atom. The maximum absolute atomic E-state index is 12.8. The van der Waals surface area contributed by atoms with Crippen LogP contribution in [0, 0.1) is 11.8 Å². The first-order valence-corrected chi connectivity index (χ1v) is 17.5. The maximum atomic E-state index is 12.8. The lowest BCUT2D eigenvalue weighted by molar-refractivity contribution is -0.282. The van der Waals surface area contributed by atoms with Crippen molar-refractivity contribution in [2.24, 2.45) is 11.8 Å². The number of fused-ring (bicyclic) bond motifs is 2. The van der Waals surface area contributed by atoms with Gasteiger partial charge >= 0.3 is 5.97 Å². The molecule has 1 fully saturated rings. The molecule has 2 rings (SSSR count). The Labute approximate surface area is 291 Å². The van der Waals surface area contributed by atoms with Gasteiger partial charge in [-0.3, -0.25) is 0 Å². The van der Waals surface area contributed by atoms with Gasteiger partial charge in [0.1, 0.15) is 6.10 Å². The van der Waals surface area contributed by atoms with E-state index in [0.29, 0.717) is 18.4 Å². The van der Waals surface area contributed by atoms with E-state index < -0.39 is 72.6 Å². The van der Waals surface area contributed by atoms with Gasteiger partial charge in [0, 0.05) is 37.2 Å². The van der Waals surface area contributed by atoms with Gasteiger partial charge in [-0.15, -0.1) is 0 Å². The fourth-order valence-electron chi connectivity index (χ4n) is 6.23. The van der Waals surface area contributed by atoms with E-state index in [1.54, 1.807) is 38.2 Å². The number of allylic oxidation sites excluding steroid dienone is 8. The third kappa shape index (κ3) is 16.9. The summed E-state index contributed by atoms with van der Waals surface area (Å²) in [4.78, 5) is 12.8. The van der Waals surface area contributed by atoms with Crippen LogP contribution in [-0.2, 0) is 14.3 Å². The number of aliphatic hydroxyl groups is 8. The van der Waals surface area contributed by atoms with Crippen LogP contribution in [-0.4, -0.2) is 108 Å². The molecule has 0 aromatic rings. The van der Waals surface area contributed by atoms with Crippen molar-refractivity contribution < 1.29 is 55.1 Å². The number of cyclic esters (lactones) is 1. The second-order valence-corrected chi connectivity index (χ2v) is 14.0. The van der Waals surface area contributed by atoms with Crippen molar-refractivity contribution >= 4 is 5.97 Å². The molecule has 2 aliphatic rings. The van der Waals surface area contributed by atoms with Crippen molar-refractivity contribution in [2.45, 2.75) is 146 Å². The molecule has 2 bridgehead atoms. The molecule has 0 saturated carbocycles. The van der Waals surface area contributed by atoms with Crippen molar-refractivity contribution in [3.05, 3.63) is 72.4 Å². The van der Waals surface area contributed by atoms with Crippen molar-refractivity contribution in [1.29, 1.82) is 0 Å². The van der Waals surface area contributed by atoms with Crippen LogP contribution in [0.5, 0.6) is 0 Å². The van der Waals surface area contributed by atoms with E-state index in [1.807, 2.05) is 44.2 Å². The molecular weight excluding hydrogens is 632 g/mol. The fourth-order valence-corrected chi connectivity index (χ4v) is 6.23. The Kier molecular flexibility index (Phi) is 18.9. The molecule has 0 aliphatic carbocycles. The lowest BCUT2D eigenvalue weighted by atomic mass is 9.86. The van der Waals surface area contributed by atoms with Crippen LogP contribution in [0.3, 0.4) is 0 Å². The topological polar surface area (TPSA) is 197 Å². The minimum Gasteiger partial charge on any atom is -0.458 e. The fraction of sp³-hybridized carbons (Fsp3) is 0.658. The average Bonchev–Trinajstić information content (AvgIpc) is 2.98. The molecule has 11 atom stereocenters. The second kappa shape index (κ2) is 21.7. The highest BCUT2D eigenvalue weighted by Crippen LogP contribution is 2.33. The SMILES string of the molecule is C\C1=C/C=C/C=C/C=C/C=C/C[C@@H]2C[C@H](O)C[C@](O)(C[C@H](O)C[C@@H](O)/C=C/C[C@@H](O)C[C@@H](O)C[C@H](O)C[C@H](O)[C@H](C)[C@H](C(C)C)OC1=O)O2. The molecule has 0 radical (unpaired) electrons. The molecule has 11 nitrogen and oxygen atoms in total. The predicted octanol–water partition coefficient (Wildman–Crippen LogP) is 3.06. The Bertz CT molecular complexity index is 1160. The van der Waals surface area contributed by atoms with Gasteiger partial charge in [-0.2, -0.15) is 0 Å². The third-order valence-corrected chi connectivity index (χ3v) is 8.81. The van der Waals surface area contributed by atoms with Crippen molar-refractivity contribution in [2.75, 3.05) is 0 Å². The normalized spacial score (nSPS) is 41.9. The summed E-state index contributed by atoms with van der Waals surface area (Å²) >= 11 is 0. The van der Waals surface area contributed by atoms with E-state index in [4.69, 9.17) is 9.47 Å². The number of hydrogen-bond acceptors (Lipinski definition) is 11. The van der Waals surface area contributed by atoms with Crippen LogP contribution in [0.25, 0.3) is 0 Å². The van der Waals surface area contributed by atoms with E-state index in [1.165, 1.54) is 12.2 Å². The summed E-state index contributed by atoms with van der Waals surface area (Å²) in [5.74, 6) is -2.88. The van der Waals surface area contributed by atoms with Gasteiger partial charge in [-0.25, -0.2) is 4.79 Å². The molecule has 278 valence electrons. The van der Waals surface area contributed by atoms with Crippen molar-refractivity contribution in [3.63, 3.8) is 0 Å². The molecule has 49 heavy (non-hydrogen) atoms. The summed E-state index contributed by atoms with van der Waals surface area (Å²) < 4.78 is 11.6. The summed E-state index contributed by atoms with van der Waals surface area (Å²) in [7, 11) is 0. The van der Waals surface area contributed by atoms with Gasteiger partial charge < -0.3 is 50.3 Å². The van der Waals surface area contributed by atoms with Crippen LogP contribution in [0.4, 0.5) is 0 Å². The first-order chi connectivity index (χ1) is 23.1. The molecule has 0 spiro atoms. The van der Waals surface area contributed by atoms with Gasteiger partial charge in [-0.1, -0.05) is 87.6 Å². The molecule has 2 heterocycles. The van der Waals surface area contributed by atoms with Gasteiger partial charge in [-0.05, 0) is 44.9 Å². The van der Waals surface area contributed by atoms with Crippen LogP contribution in [0.15, 0.2) is 72.4 Å². The smallest absolute Gasteiger partial charge is 0.334 e. The van der Waals surface area contributed by atoms with Gasteiger partial charge in [0.05, 0.1) is 48.8 Å². The maximum Gasteiger partial charge on any atom is 0.334 e. The number of carbonyl (C=O) groups is 1. The van der Waals surface area contributed by atoms with E-state index >= 15 is 0 Å². The van der Waals surface area contributed by atoms with Crippen LogP contribution in [0.2, 0.25) is 0 Å². The van der Waals surface area contributed by atoms with Gasteiger partial charge in [0.25, 0.3) is 0 Å². The Hall–Kier alpha value is -2.45. The molecule has 1 saturated heterocycles. The number of ether oxygens (including phenoxy) is 2. The summed E-state index contributed by atoms with van der Waals surface area (Å²) in [6, 6.07) is 0. The zero-order valence-corrected chi connectivity index (χ0v) is 29.4. The second-order valence-electron chi connectivity index (χ2n) is 14.0. The van der Waals surface area contributed by atoms with E-state index in [0.717, 1.165) is 0 Å². The lowest BCUT2D eigenvalue weighted by Crippen LogP contribution is -2.48. The zero-order valence-electron chi connectivity index (χ0n) is 29.4. The highest BCUT2D eigenvalue weighted by molar-refractivity contribution is 5.88. The largest absolute Gasteiger partial charge is 0.458 e. The number of rotatable bonds is 1. The van der Waals surface area contributed by atoms with Crippen LogP contribution in [0.1, 0.15) is 85.5 Å². The van der Waals surface area contributed by atoms with Crippen LogP contribution < -0.4 is 0 Å². The third-order valence-electron chi connectivity index (χ3n) is 8.81. The van der Waals surface area contributed by atoms with Crippen LogP contribution >= 0.6 is 0 Å². The Morgan fingerprint density at radius 2 is 1.29 bits per heavy atom. The molecule has 2 aliphatic heterocycles. The molecule has 0 aromatic heterocycles. The number of hydrogen-bond donors (Lipinski definition) is 8. The molecule has 0 unspecified atom stereocenters. The van der Waals surface area contributed by atoms with E-state index in [-0.39, 0.29) is 50.9 Å². The number of esters is 1. The minimum atomic E-state index is -1.76. The quantitative estimate of drug-likeness (QED) is 0.149. The van der Waals surface area contributed by atoms with Crippen molar-refractivity contribution in [1.82, 2.24) is 0 Å². The van der Waals surface area contributed by atoms with Gasteiger partial charge in [0.15, 0.2) is 5.79 Å². The highest BCUT2D eigenvalue weighted by Gasteiger charge is 2.41. The molecule has 11 heteroatoms. The minimum absolute atomic E-state index is 0.0484. The molecule has 0 amide bonds. The number of aliphatic hydroxyl groups excluding tert-OH is 7. The number of carbonyl (C=O) groups excluding carboxylic acids is 1. The molecule has 8 N–H and O–H groups in total. The average molecular weight is 693 g/mol. The van der Waals surface area contributed by atoms with E-state index in [2.05, 4.69) is 0 Å². The monoisotopic (exact) mass is 692 g/mol. The zero-order chi connectivity index (χ0) is 36.6. The van der Waals surface area contributed by atoms with E-state index in [9.17, 15) is 45.6 Å². The molecule has 0 aromatic carbocycles. The molecular formula is C38H60O11. The van der Waals surface area contributed by atoms with Crippen molar-refractivity contribution in [3.8, 4) is 0 Å². The Balaban J connectivity index is 2.17. The lowest BCUT2D eigenvalue weighted by Gasteiger charge is -2.40. The summed E-state index contributed by atoms with van der Waals surface area (Å²) in [5.41, 5.74) is 0.379. The predicted molar refractivity (Wildman–Crippen MR) is 187 cm³/mol. The summed E-state index contributed by atoms with van der Waals surface area (Å²) in [6.45, 7) is 7.15. The standard InChI is InChI=1S/C38H60O11/c1-25(2)36-27(4)35(45)22-31(42)20-30(41)18-28(39)15-13-16-29(40)19-32(43)23-38(47)24-33(44)21-34(49-38)17-12-10-8-6-5-7-9-11-14-26(3)37(46)48-36/h5-14,16,25,27-36,39-45,47H,15,17-24H2,1-4H3/b7-5+,8-6+,11-9+,12-10+,16-13+,26-14+/t27-,28+,29-,30+,31-,32+,33-,34+,35-,36-,38-/m0/s1. The summed E-state index contributed by atoms with van der Waals surface area (Å²) in [5, 5.41) is 84.6. The highest BCUT2D eigenvalue weighted by atomic mass is 16.6. The first kappa shape index (κ1) is 42.7. The Morgan fingerprint density at radius 1 is 0.714 bits per heavy atom. The first-order valence-electron chi connectivity index (χ1n) is 17.5.